The van der Waals surface area contributed by atoms with E-state index in [4.69, 9.17) is 0 Å². The van der Waals surface area contributed by atoms with Crippen molar-refractivity contribution in [2.24, 2.45) is 0 Å². The maximum Gasteiger partial charge on any atom is 0.138 e. The van der Waals surface area contributed by atoms with Crippen LogP contribution >= 0.6 is 11.3 Å². The second-order valence-electron chi connectivity index (χ2n) is 3.65. The predicted molar refractivity (Wildman–Crippen MR) is 63.4 cm³/mol. The van der Waals surface area contributed by atoms with E-state index in [-0.39, 0.29) is 0 Å². The Bertz CT molecular complexity index is 463. The molecule has 0 saturated carbocycles. The van der Waals surface area contributed by atoms with Crippen molar-refractivity contribution in [2.75, 3.05) is 0 Å². The molecule has 5 heteroatoms. The van der Waals surface area contributed by atoms with Crippen LogP contribution in [0.25, 0.3) is 0 Å². The third-order valence-electron chi connectivity index (χ3n) is 2.46. The van der Waals surface area contributed by atoms with E-state index in [0.717, 1.165) is 17.2 Å². The van der Waals surface area contributed by atoms with Gasteiger partial charge in [-0.05, 0) is 13.8 Å². The first kappa shape index (κ1) is 11.3. The number of aliphatic hydroxyl groups excluding tert-OH is 1. The van der Waals surface area contributed by atoms with E-state index < -0.39 is 6.10 Å². The topological polar surface area (TPSA) is 50.9 Å². The molecule has 2 aromatic rings. The summed E-state index contributed by atoms with van der Waals surface area (Å²) in [6, 6.07) is 0. The van der Waals surface area contributed by atoms with Gasteiger partial charge in [-0.1, -0.05) is 0 Å². The normalized spacial score (nSPS) is 12.9. The average Bonchev–Trinajstić information content (AvgIpc) is 2.86. The van der Waals surface area contributed by atoms with Crippen LogP contribution in [0.15, 0.2) is 17.8 Å². The molecular formula is C11H15N3OS. The van der Waals surface area contributed by atoms with Gasteiger partial charge in [0.1, 0.15) is 11.9 Å². The van der Waals surface area contributed by atoms with Gasteiger partial charge in [0.25, 0.3) is 0 Å². The third kappa shape index (κ3) is 2.31. The van der Waals surface area contributed by atoms with Gasteiger partial charge in [0.05, 0.1) is 10.7 Å². The lowest BCUT2D eigenvalue weighted by Gasteiger charge is -2.10. The summed E-state index contributed by atoms with van der Waals surface area (Å²) in [7, 11) is 0. The van der Waals surface area contributed by atoms with Gasteiger partial charge in [0, 0.05) is 30.7 Å². The molecular weight excluding hydrogens is 222 g/mol. The molecule has 0 spiro atoms. The fourth-order valence-corrected chi connectivity index (χ4v) is 2.30. The molecule has 2 heterocycles. The van der Waals surface area contributed by atoms with Crippen molar-refractivity contribution in [1.29, 1.82) is 0 Å². The second-order valence-corrected chi connectivity index (χ2v) is 4.71. The summed E-state index contributed by atoms with van der Waals surface area (Å²) in [5.74, 6) is 0.716. The predicted octanol–water partition coefficient (Wildman–Crippen LogP) is 1.94. The highest BCUT2D eigenvalue weighted by Gasteiger charge is 2.15. The van der Waals surface area contributed by atoms with Crippen LogP contribution in [0.1, 0.15) is 29.6 Å². The largest absolute Gasteiger partial charge is 0.385 e. The Balaban J connectivity index is 2.11. The van der Waals surface area contributed by atoms with Crippen molar-refractivity contribution in [3.63, 3.8) is 0 Å². The lowest BCUT2D eigenvalue weighted by molar-refractivity contribution is 0.163. The van der Waals surface area contributed by atoms with Crippen molar-refractivity contribution >= 4 is 11.3 Å². The fraction of sp³-hybridized carbons (Fsp3) is 0.455. The van der Waals surface area contributed by atoms with Crippen molar-refractivity contribution in [3.8, 4) is 0 Å². The number of imidazole rings is 1. The summed E-state index contributed by atoms with van der Waals surface area (Å²) in [4.78, 5) is 8.52. The Hall–Kier alpha value is -1.20. The van der Waals surface area contributed by atoms with E-state index in [1.165, 1.54) is 0 Å². The molecule has 2 rings (SSSR count). The van der Waals surface area contributed by atoms with Crippen LogP contribution in [0.5, 0.6) is 0 Å². The Morgan fingerprint density at radius 1 is 1.56 bits per heavy atom. The summed E-state index contributed by atoms with van der Waals surface area (Å²) in [6.07, 6.45) is 3.55. The van der Waals surface area contributed by atoms with Gasteiger partial charge >= 0.3 is 0 Å². The molecule has 0 fully saturated rings. The van der Waals surface area contributed by atoms with Crippen LogP contribution in [-0.2, 0) is 13.0 Å². The van der Waals surface area contributed by atoms with E-state index >= 15 is 0 Å². The smallest absolute Gasteiger partial charge is 0.138 e. The highest BCUT2D eigenvalue weighted by atomic mass is 32.1. The van der Waals surface area contributed by atoms with E-state index in [1.807, 2.05) is 30.0 Å². The molecule has 1 N–H and O–H groups in total. The van der Waals surface area contributed by atoms with Crippen LogP contribution in [0.4, 0.5) is 0 Å². The van der Waals surface area contributed by atoms with Gasteiger partial charge < -0.3 is 9.67 Å². The van der Waals surface area contributed by atoms with Crippen LogP contribution < -0.4 is 0 Å². The molecule has 0 aliphatic heterocycles. The molecule has 16 heavy (non-hydrogen) atoms. The minimum Gasteiger partial charge on any atom is -0.385 e. The lowest BCUT2D eigenvalue weighted by Crippen LogP contribution is -2.10. The highest BCUT2D eigenvalue weighted by Crippen LogP contribution is 2.18. The van der Waals surface area contributed by atoms with Crippen molar-refractivity contribution in [2.45, 2.75) is 32.9 Å². The first-order chi connectivity index (χ1) is 7.70. The number of hydrogen-bond acceptors (Lipinski definition) is 4. The van der Waals surface area contributed by atoms with Crippen LogP contribution in [0, 0.1) is 6.92 Å². The zero-order valence-corrected chi connectivity index (χ0v) is 10.2. The molecule has 86 valence electrons. The summed E-state index contributed by atoms with van der Waals surface area (Å²) in [5, 5.41) is 13.1. The molecule has 0 bridgehead atoms. The maximum absolute atomic E-state index is 10.1. The minimum atomic E-state index is -0.573. The van der Waals surface area contributed by atoms with Crippen molar-refractivity contribution in [1.82, 2.24) is 14.5 Å². The first-order valence-corrected chi connectivity index (χ1v) is 6.18. The Labute approximate surface area is 98.6 Å². The highest BCUT2D eigenvalue weighted by molar-refractivity contribution is 7.09. The average molecular weight is 237 g/mol. The number of nitrogens with zero attached hydrogens (tertiary/aromatic N) is 3. The van der Waals surface area contributed by atoms with Gasteiger partial charge in [-0.3, -0.25) is 0 Å². The number of aryl methyl sites for hydroxylation is 2. The zero-order valence-electron chi connectivity index (χ0n) is 9.42. The zero-order chi connectivity index (χ0) is 11.5. The molecule has 0 aromatic carbocycles. The molecule has 1 unspecified atom stereocenters. The molecule has 1 atom stereocenters. The Kier molecular flexibility index (Phi) is 3.36. The Morgan fingerprint density at radius 2 is 2.38 bits per heavy atom. The summed E-state index contributed by atoms with van der Waals surface area (Å²) in [6.45, 7) is 4.82. The van der Waals surface area contributed by atoms with Crippen LogP contribution in [0.3, 0.4) is 0 Å². The number of thiazole rings is 1. The van der Waals surface area contributed by atoms with E-state index in [0.29, 0.717) is 12.2 Å². The summed E-state index contributed by atoms with van der Waals surface area (Å²) < 4.78 is 1.95. The molecule has 0 radical (unpaired) electrons. The van der Waals surface area contributed by atoms with Crippen LogP contribution in [0.2, 0.25) is 0 Å². The lowest BCUT2D eigenvalue weighted by atomic mass is 10.2. The summed E-state index contributed by atoms with van der Waals surface area (Å²) in [5.41, 5.74) is 0.931. The monoisotopic (exact) mass is 237 g/mol. The molecule has 4 nitrogen and oxygen atoms in total. The Morgan fingerprint density at radius 3 is 3.00 bits per heavy atom. The standard InChI is InChI=1S/C11H15N3OS/c1-3-14-5-4-12-11(14)10(15)6-9-7-16-8(2)13-9/h4-5,7,10,15H,3,6H2,1-2H3. The van der Waals surface area contributed by atoms with Gasteiger partial charge in [-0.25, -0.2) is 9.97 Å². The van der Waals surface area contributed by atoms with Gasteiger partial charge in [0.15, 0.2) is 0 Å². The molecule has 0 saturated heterocycles. The van der Waals surface area contributed by atoms with E-state index in [1.54, 1.807) is 17.5 Å². The second kappa shape index (κ2) is 4.76. The van der Waals surface area contributed by atoms with Crippen LogP contribution in [-0.4, -0.2) is 19.6 Å². The number of rotatable bonds is 4. The van der Waals surface area contributed by atoms with Gasteiger partial charge in [0.2, 0.25) is 0 Å². The number of aromatic nitrogens is 3. The number of hydrogen-bond donors (Lipinski definition) is 1. The quantitative estimate of drug-likeness (QED) is 0.884. The maximum atomic E-state index is 10.1. The summed E-state index contributed by atoms with van der Waals surface area (Å²) >= 11 is 1.60. The molecule has 2 aromatic heterocycles. The van der Waals surface area contributed by atoms with Gasteiger partial charge in [-0.15, -0.1) is 11.3 Å². The fourth-order valence-electron chi connectivity index (χ4n) is 1.68. The number of aliphatic hydroxyl groups is 1. The third-order valence-corrected chi connectivity index (χ3v) is 3.28. The molecule has 0 aliphatic carbocycles. The van der Waals surface area contributed by atoms with Gasteiger partial charge in [-0.2, -0.15) is 0 Å². The SMILES string of the molecule is CCn1ccnc1C(O)Cc1csc(C)n1. The first-order valence-electron chi connectivity index (χ1n) is 5.30. The van der Waals surface area contributed by atoms with Crippen molar-refractivity contribution in [3.05, 3.63) is 34.3 Å². The minimum absolute atomic E-state index is 0.529. The molecule has 0 amide bonds. The van der Waals surface area contributed by atoms with Crippen molar-refractivity contribution < 1.29 is 5.11 Å². The van der Waals surface area contributed by atoms with E-state index in [9.17, 15) is 5.11 Å². The van der Waals surface area contributed by atoms with E-state index in [2.05, 4.69) is 9.97 Å². The molecule has 0 aliphatic rings.